The van der Waals surface area contributed by atoms with E-state index in [-0.39, 0.29) is 13.2 Å². The van der Waals surface area contributed by atoms with Gasteiger partial charge in [0.25, 0.3) is 0 Å². The Morgan fingerprint density at radius 1 is 1.53 bits per heavy atom. The number of hydrogen-bond acceptors (Lipinski definition) is 5. The van der Waals surface area contributed by atoms with Crippen LogP contribution >= 0.6 is 0 Å². The molecule has 5 nitrogen and oxygen atoms in total. The molecule has 0 heterocycles. The van der Waals surface area contributed by atoms with Crippen LogP contribution in [0.25, 0.3) is 0 Å². The van der Waals surface area contributed by atoms with E-state index in [0.29, 0.717) is 5.56 Å². The van der Waals surface area contributed by atoms with Crippen LogP contribution in [0.15, 0.2) is 18.2 Å². The minimum Gasteiger partial charge on any atom is -0.465 e. The zero-order valence-electron chi connectivity index (χ0n) is 9.93. The maximum atomic E-state index is 11.4. The first-order valence-corrected chi connectivity index (χ1v) is 5.30. The number of methoxy groups -OCH3 is 1. The number of aliphatic hydroxyl groups is 2. The number of benzene rings is 1. The van der Waals surface area contributed by atoms with Gasteiger partial charge < -0.3 is 20.3 Å². The summed E-state index contributed by atoms with van der Waals surface area (Å²) in [6, 6.07) is 5.20. The van der Waals surface area contributed by atoms with E-state index in [1.54, 1.807) is 25.1 Å². The third kappa shape index (κ3) is 3.44. The Kier molecular flexibility index (Phi) is 4.93. The maximum absolute atomic E-state index is 11.4. The maximum Gasteiger partial charge on any atom is 0.338 e. The zero-order chi connectivity index (χ0) is 12.8. The molecule has 0 aliphatic carbocycles. The van der Waals surface area contributed by atoms with Crippen molar-refractivity contribution < 1.29 is 19.7 Å². The van der Waals surface area contributed by atoms with Crippen LogP contribution in [-0.2, 0) is 4.74 Å². The number of ether oxygens (including phenoxy) is 1. The first kappa shape index (κ1) is 13.5. The summed E-state index contributed by atoms with van der Waals surface area (Å²) in [6.07, 6.45) is -0.823. The van der Waals surface area contributed by atoms with Crippen LogP contribution in [0.2, 0.25) is 0 Å². The Hall–Kier alpha value is -1.59. The SMILES string of the molecule is COC(=O)c1cccc(NCC(O)CO)c1C. The number of carbonyl (C=O) groups excluding carboxylic acids is 1. The lowest BCUT2D eigenvalue weighted by Gasteiger charge is -2.14. The third-order valence-corrected chi connectivity index (χ3v) is 2.48. The molecule has 1 aromatic rings. The molecule has 1 unspecified atom stereocenters. The molecule has 1 rings (SSSR count). The van der Waals surface area contributed by atoms with Gasteiger partial charge in [0.2, 0.25) is 0 Å². The molecule has 0 aliphatic rings. The van der Waals surface area contributed by atoms with Crippen LogP contribution in [0, 0.1) is 6.92 Å². The van der Waals surface area contributed by atoms with Gasteiger partial charge in [0, 0.05) is 12.2 Å². The van der Waals surface area contributed by atoms with Crippen LogP contribution < -0.4 is 5.32 Å². The summed E-state index contributed by atoms with van der Waals surface area (Å²) in [5, 5.41) is 20.9. The summed E-state index contributed by atoms with van der Waals surface area (Å²) in [5.41, 5.74) is 1.97. The standard InChI is InChI=1S/C12H17NO4/c1-8-10(12(16)17-2)4-3-5-11(8)13-6-9(15)7-14/h3-5,9,13-15H,6-7H2,1-2H3. The Bertz CT molecular complexity index is 392. The highest BCUT2D eigenvalue weighted by Crippen LogP contribution is 2.19. The molecule has 0 saturated heterocycles. The number of anilines is 1. The second-order valence-corrected chi connectivity index (χ2v) is 3.69. The van der Waals surface area contributed by atoms with E-state index in [0.717, 1.165) is 11.3 Å². The zero-order valence-corrected chi connectivity index (χ0v) is 9.93. The van der Waals surface area contributed by atoms with Crippen molar-refractivity contribution in [3.05, 3.63) is 29.3 Å². The number of esters is 1. The number of carbonyl (C=O) groups is 1. The van der Waals surface area contributed by atoms with Gasteiger partial charge in [-0.1, -0.05) is 6.07 Å². The van der Waals surface area contributed by atoms with E-state index in [2.05, 4.69) is 10.1 Å². The lowest BCUT2D eigenvalue weighted by atomic mass is 10.1. The number of rotatable bonds is 5. The first-order valence-electron chi connectivity index (χ1n) is 5.30. The van der Waals surface area contributed by atoms with Gasteiger partial charge in [0.05, 0.1) is 25.4 Å². The Morgan fingerprint density at radius 3 is 2.82 bits per heavy atom. The Labute approximate surface area is 100 Å². The van der Waals surface area contributed by atoms with Crippen molar-refractivity contribution in [1.29, 1.82) is 0 Å². The van der Waals surface area contributed by atoms with Gasteiger partial charge in [-0.15, -0.1) is 0 Å². The second-order valence-electron chi connectivity index (χ2n) is 3.69. The average molecular weight is 239 g/mol. The van der Waals surface area contributed by atoms with E-state index in [9.17, 15) is 9.90 Å². The quantitative estimate of drug-likeness (QED) is 0.654. The van der Waals surface area contributed by atoms with Gasteiger partial charge in [-0.25, -0.2) is 4.79 Å². The predicted molar refractivity (Wildman–Crippen MR) is 64.1 cm³/mol. The highest BCUT2D eigenvalue weighted by atomic mass is 16.5. The fourth-order valence-corrected chi connectivity index (χ4v) is 1.45. The van der Waals surface area contributed by atoms with Crippen molar-refractivity contribution in [3.8, 4) is 0 Å². The average Bonchev–Trinajstić information content (AvgIpc) is 2.36. The molecule has 0 saturated carbocycles. The van der Waals surface area contributed by atoms with Crippen molar-refractivity contribution in [2.24, 2.45) is 0 Å². The molecule has 5 heteroatoms. The van der Waals surface area contributed by atoms with E-state index in [1.807, 2.05) is 0 Å². The summed E-state index contributed by atoms with van der Waals surface area (Å²) >= 11 is 0. The molecule has 0 spiro atoms. The number of hydrogen-bond donors (Lipinski definition) is 3. The Balaban J connectivity index is 2.83. The molecule has 0 fully saturated rings. The molecule has 3 N–H and O–H groups in total. The number of aliphatic hydroxyl groups excluding tert-OH is 2. The van der Waals surface area contributed by atoms with Crippen LogP contribution in [0.4, 0.5) is 5.69 Å². The van der Waals surface area contributed by atoms with Crippen LogP contribution in [0.5, 0.6) is 0 Å². The van der Waals surface area contributed by atoms with E-state index >= 15 is 0 Å². The molecule has 0 radical (unpaired) electrons. The monoisotopic (exact) mass is 239 g/mol. The van der Waals surface area contributed by atoms with Gasteiger partial charge >= 0.3 is 5.97 Å². The van der Waals surface area contributed by atoms with Gasteiger partial charge in [0.15, 0.2) is 0 Å². The molecular weight excluding hydrogens is 222 g/mol. The molecule has 1 aromatic carbocycles. The van der Waals surface area contributed by atoms with E-state index in [1.165, 1.54) is 7.11 Å². The van der Waals surface area contributed by atoms with Gasteiger partial charge in [-0.2, -0.15) is 0 Å². The molecule has 94 valence electrons. The molecule has 1 atom stereocenters. The highest BCUT2D eigenvalue weighted by molar-refractivity contribution is 5.92. The third-order valence-electron chi connectivity index (χ3n) is 2.48. The summed E-state index contributed by atoms with van der Waals surface area (Å²) in [5.74, 6) is -0.395. The van der Waals surface area contributed by atoms with Crippen LogP contribution in [0.3, 0.4) is 0 Å². The van der Waals surface area contributed by atoms with Crippen LogP contribution in [0.1, 0.15) is 15.9 Å². The molecular formula is C12H17NO4. The molecule has 0 bridgehead atoms. The smallest absolute Gasteiger partial charge is 0.338 e. The minimum atomic E-state index is -0.823. The highest BCUT2D eigenvalue weighted by Gasteiger charge is 2.12. The fourth-order valence-electron chi connectivity index (χ4n) is 1.45. The molecule has 0 aromatic heterocycles. The predicted octanol–water partition coefficient (Wildman–Crippen LogP) is 0.547. The largest absolute Gasteiger partial charge is 0.465 e. The van der Waals surface area contributed by atoms with E-state index in [4.69, 9.17) is 5.11 Å². The van der Waals surface area contributed by atoms with Gasteiger partial charge in [-0.3, -0.25) is 0 Å². The molecule has 17 heavy (non-hydrogen) atoms. The van der Waals surface area contributed by atoms with Gasteiger partial charge in [0.1, 0.15) is 0 Å². The summed E-state index contributed by atoms with van der Waals surface area (Å²) in [6.45, 7) is 1.71. The Morgan fingerprint density at radius 2 is 2.24 bits per heavy atom. The van der Waals surface area contributed by atoms with E-state index < -0.39 is 12.1 Å². The lowest BCUT2D eigenvalue weighted by molar-refractivity contribution is 0.0600. The van der Waals surface area contributed by atoms with Crippen molar-refractivity contribution in [3.63, 3.8) is 0 Å². The van der Waals surface area contributed by atoms with Crippen LogP contribution in [-0.4, -0.2) is 42.5 Å². The topological polar surface area (TPSA) is 78.8 Å². The molecule has 0 amide bonds. The van der Waals surface area contributed by atoms with Crippen molar-refractivity contribution in [2.75, 3.05) is 25.6 Å². The van der Waals surface area contributed by atoms with Crippen molar-refractivity contribution >= 4 is 11.7 Å². The van der Waals surface area contributed by atoms with Crippen molar-refractivity contribution in [1.82, 2.24) is 0 Å². The normalized spacial score (nSPS) is 12.0. The minimum absolute atomic E-state index is 0.224. The summed E-state index contributed by atoms with van der Waals surface area (Å²) < 4.78 is 4.66. The lowest BCUT2D eigenvalue weighted by Crippen LogP contribution is -2.23. The fraction of sp³-hybridized carbons (Fsp3) is 0.417. The first-order chi connectivity index (χ1) is 8.10. The summed E-state index contributed by atoms with van der Waals surface area (Å²) in [7, 11) is 1.33. The molecule has 0 aliphatic heterocycles. The van der Waals surface area contributed by atoms with Gasteiger partial charge in [-0.05, 0) is 24.6 Å². The second kappa shape index (κ2) is 6.22. The summed E-state index contributed by atoms with van der Waals surface area (Å²) in [4.78, 5) is 11.4. The van der Waals surface area contributed by atoms with Crippen molar-refractivity contribution in [2.45, 2.75) is 13.0 Å². The number of nitrogens with one attached hydrogen (secondary N) is 1.